The van der Waals surface area contributed by atoms with Crippen LogP contribution in [0.3, 0.4) is 0 Å². The van der Waals surface area contributed by atoms with Crippen molar-refractivity contribution in [2.24, 2.45) is 0 Å². The SMILES string of the molecule is Cc1ccc(S(=O)(=O)NNC(=O)c2cc3cc(F)ccc3nc2C)cc1. The van der Waals surface area contributed by atoms with Crippen LogP contribution in [0.15, 0.2) is 53.4 Å². The zero-order valence-corrected chi connectivity index (χ0v) is 14.9. The smallest absolute Gasteiger partial charge is 0.268 e. The van der Waals surface area contributed by atoms with Crippen LogP contribution in [-0.4, -0.2) is 19.3 Å². The molecule has 0 unspecified atom stereocenters. The van der Waals surface area contributed by atoms with Crippen LogP contribution in [-0.2, 0) is 10.0 Å². The van der Waals surface area contributed by atoms with Gasteiger partial charge in [0.2, 0.25) is 0 Å². The molecule has 6 nitrogen and oxygen atoms in total. The van der Waals surface area contributed by atoms with Gasteiger partial charge in [-0.3, -0.25) is 15.2 Å². The van der Waals surface area contributed by atoms with Gasteiger partial charge >= 0.3 is 0 Å². The van der Waals surface area contributed by atoms with Gasteiger partial charge in [0.05, 0.1) is 21.7 Å². The lowest BCUT2D eigenvalue weighted by Gasteiger charge is -2.11. The second-order valence-electron chi connectivity index (χ2n) is 5.83. The van der Waals surface area contributed by atoms with Gasteiger partial charge in [-0.2, -0.15) is 0 Å². The molecule has 1 heterocycles. The Morgan fingerprint density at radius 2 is 1.73 bits per heavy atom. The molecule has 0 radical (unpaired) electrons. The molecule has 0 saturated carbocycles. The van der Waals surface area contributed by atoms with E-state index in [-0.39, 0.29) is 10.5 Å². The molecule has 134 valence electrons. The fourth-order valence-corrected chi connectivity index (χ4v) is 3.27. The number of aromatic nitrogens is 1. The van der Waals surface area contributed by atoms with Crippen LogP contribution >= 0.6 is 0 Å². The summed E-state index contributed by atoms with van der Waals surface area (Å²) < 4.78 is 37.8. The average molecular weight is 373 g/mol. The second-order valence-corrected chi connectivity index (χ2v) is 7.51. The van der Waals surface area contributed by atoms with Crippen LogP contribution in [0.4, 0.5) is 4.39 Å². The number of rotatable bonds is 4. The van der Waals surface area contributed by atoms with E-state index in [4.69, 9.17) is 0 Å². The minimum absolute atomic E-state index is 0.0267. The summed E-state index contributed by atoms with van der Waals surface area (Å²) in [5, 5.41) is 0.446. The lowest BCUT2D eigenvalue weighted by atomic mass is 10.1. The summed E-state index contributed by atoms with van der Waals surface area (Å²) in [5.74, 6) is -1.13. The number of hydrazine groups is 1. The number of amides is 1. The lowest BCUT2D eigenvalue weighted by Crippen LogP contribution is -2.41. The number of fused-ring (bicyclic) bond motifs is 1. The Morgan fingerprint density at radius 3 is 2.42 bits per heavy atom. The van der Waals surface area contributed by atoms with Crippen molar-refractivity contribution in [1.29, 1.82) is 0 Å². The van der Waals surface area contributed by atoms with E-state index in [0.29, 0.717) is 16.6 Å². The van der Waals surface area contributed by atoms with Crippen molar-refractivity contribution < 1.29 is 17.6 Å². The molecule has 0 atom stereocenters. The van der Waals surface area contributed by atoms with Gasteiger partial charge in [-0.25, -0.2) is 12.8 Å². The molecule has 2 N–H and O–H groups in total. The van der Waals surface area contributed by atoms with Gasteiger partial charge in [0.25, 0.3) is 15.9 Å². The molecule has 2 aromatic carbocycles. The molecule has 8 heteroatoms. The highest BCUT2D eigenvalue weighted by Crippen LogP contribution is 2.18. The van der Waals surface area contributed by atoms with Crippen molar-refractivity contribution >= 4 is 26.8 Å². The maximum absolute atomic E-state index is 13.4. The Bertz CT molecular complexity index is 1100. The molecule has 1 aromatic heterocycles. The number of aryl methyl sites for hydroxylation is 2. The molecule has 0 aliphatic carbocycles. The largest absolute Gasteiger partial charge is 0.273 e. The van der Waals surface area contributed by atoms with Crippen molar-refractivity contribution in [3.8, 4) is 0 Å². The Balaban J connectivity index is 1.82. The average Bonchev–Trinajstić information content (AvgIpc) is 2.60. The molecular formula is C18H16FN3O3S. The van der Waals surface area contributed by atoms with Crippen molar-refractivity contribution in [3.05, 3.63) is 71.2 Å². The Labute approximate surface area is 150 Å². The number of nitrogens with one attached hydrogen (secondary N) is 2. The van der Waals surface area contributed by atoms with Crippen LogP contribution < -0.4 is 10.3 Å². The zero-order valence-electron chi connectivity index (χ0n) is 14.1. The summed E-state index contributed by atoms with van der Waals surface area (Å²) >= 11 is 0. The predicted octanol–water partition coefficient (Wildman–Crippen LogP) is 2.61. The van der Waals surface area contributed by atoms with Crippen molar-refractivity contribution in [2.45, 2.75) is 18.7 Å². The fraction of sp³-hybridized carbons (Fsp3) is 0.111. The fourth-order valence-electron chi connectivity index (χ4n) is 2.43. The number of sulfonamides is 1. The van der Waals surface area contributed by atoms with E-state index in [1.807, 2.05) is 6.92 Å². The summed E-state index contributed by atoms with van der Waals surface area (Å²) in [6, 6.07) is 11.7. The normalized spacial score (nSPS) is 11.5. The van der Waals surface area contributed by atoms with E-state index in [9.17, 15) is 17.6 Å². The molecule has 3 aromatic rings. The number of benzene rings is 2. The number of pyridine rings is 1. The summed E-state index contributed by atoms with van der Waals surface area (Å²) in [5.41, 5.74) is 4.17. The third kappa shape index (κ3) is 3.71. The topological polar surface area (TPSA) is 88.2 Å². The van der Waals surface area contributed by atoms with E-state index in [0.717, 1.165) is 5.56 Å². The number of hydrogen-bond acceptors (Lipinski definition) is 4. The summed E-state index contributed by atoms with van der Waals surface area (Å²) in [6.07, 6.45) is 0. The van der Waals surface area contributed by atoms with Gasteiger partial charge in [0, 0.05) is 5.39 Å². The van der Waals surface area contributed by atoms with Gasteiger partial charge in [-0.1, -0.05) is 17.7 Å². The van der Waals surface area contributed by atoms with Gasteiger partial charge in [0.15, 0.2) is 0 Å². The van der Waals surface area contributed by atoms with Gasteiger partial charge in [0.1, 0.15) is 5.82 Å². The lowest BCUT2D eigenvalue weighted by molar-refractivity contribution is 0.0944. The molecule has 0 spiro atoms. The molecule has 3 rings (SSSR count). The van der Waals surface area contributed by atoms with E-state index < -0.39 is 21.7 Å². The standard InChI is InChI=1S/C18H16FN3O3S/c1-11-3-6-15(7-4-11)26(24,25)22-21-18(23)16-10-13-9-14(19)5-8-17(13)20-12(16)2/h3-10,22H,1-2H3,(H,21,23). The first-order chi connectivity index (χ1) is 12.3. The maximum Gasteiger partial charge on any atom is 0.268 e. The first kappa shape index (κ1) is 18.0. The molecule has 0 bridgehead atoms. The number of carbonyl (C=O) groups excluding carboxylic acids is 1. The number of nitrogens with zero attached hydrogens (tertiary/aromatic N) is 1. The van der Waals surface area contributed by atoms with E-state index in [1.165, 1.54) is 36.4 Å². The van der Waals surface area contributed by atoms with Crippen molar-refractivity contribution in [1.82, 2.24) is 15.2 Å². The van der Waals surface area contributed by atoms with Crippen LogP contribution in [0.2, 0.25) is 0 Å². The first-order valence-corrected chi connectivity index (χ1v) is 9.20. The highest BCUT2D eigenvalue weighted by atomic mass is 32.2. The van der Waals surface area contributed by atoms with Crippen LogP contribution in [0.5, 0.6) is 0 Å². The van der Waals surface area contributed by atoms with Crippen molar-refractivity contribution in [2.75, 3.05) is 0 Å². The summed E-state index contributed by atoms with van der Waals surface area (Å²) in [4.78, 5) is 18.7. The van der Waals surface area contributed by atoms with E-state index >= 15 is 0 Å². The van der Waals surface area contributed by atoms with Gasteiger partial charge in [-0.15, -0.1) is 4.83 Å². The molecule has 0 aliphatic heterocycles. The minimum Gasteiger partial charge on any atom is -0.273 e. The Kier molecular flexibility index (Phi) is 4.71. The number of carbonyl (C=O) groups is 1. The molecule has 26 heavy (non-hydrogen) atoms. The van der Waals surface area contributed by atoms with Crippen LogP contribution in [0, 0.1) is 19.7 Å². The predicted molar refractivity (Wildman–Crippen MR) is 95.4 cm³/mol. The molecular weight excluding hydrogens is 357 g/mol. The zero-order chi connectivity index (χ0) is 18.9. The maximum atomic E-state index is 13.4. The Hall–Kier alpha value is -2.84. The molecule has 1 amide bonds. The number of hydrogen-bond donors (Lipinski definition) is 2. The van der Waals surface area contributed by atoms with Gasteiger partial charge < -0.3 is 0 Å². The van der Waals surface area contributed by atoms with Crippen LogP contribution in [0.25, 0.3) is 10.9 Å². The second kappa shape index (κ2) is 6.81. The van der Waals surface area contributed by atoms with Gasteiger partial charge in [-0.05, 0) is 50.2 Å². The highest BCUT2D eigenvalue weighted by molar-refractivity contribution is 7.89. The van der Waals surface area contributed by atoms with E-state index in [1.54, 1.807) is 19.1 Å². The van der Waals surface area contributed by atoms with E-state index in [2.05, 4.69) is 15.2 Å². The summed E-state index contributed by atoms with van der Waals surface area (Å²) in [7, 11) is -3.90. The molecule has 0 saturated heterocycles. The number of halogens is 1. The monoisotopic (exact) mass is 373 g/mol. The molecule has 0 aliphatic rings. The Morgan fingerprint density at radius 1 is 1.04 bits per heavy atom. The third-order valence-electron chi connectivity index (χ3n) is 3.84. The third-order valence-corrected chi connectivity index (χ3v) is 5.11. The van der Waals surface area contributed by atoms with Crippen molar-refractivity contribution in [3.63, 3.8) is 0 Å². The van der Waals surface area contributed by atoms with Crippen LogP contribution in [0.1, 0.15) is 21.6 Å². The summed E-state index contributed by atoms with van der Waals surface area (Å²) in [6.45, 7) is 3.45. The first-order valence-electron chi connectivity index (χ1n) is 7.72. The quantitative estimate of drug-likeness (QED) is 0.688. The highest BCUT2D eigenvalue weighted by Gasteiger charge is 2.17. The minimum atomic E-state index is -3.90. The molecule has 0 fully saturated rings.